The van der Waals surface area contributed by atoms with Crippen LogP contribution in [-0.2, 0) is 0 Å². The second kappa shape index (κ2) is 6.51. The number of fused-ring (bicyclic) bond motifs is 1. The fourth-order valence-electron chi connectivity index (χ4n) is 2.71. The van der Waals surface area contributed by atoms with Crippen molar-refractivity contribution >= 4 is 11.9 Å². The molecule has 3 aromatic rings. The van der Waals surface area contributed by atoms with Gasteiger partial charge in [-0.1, -0.05) is 22.8 Å². The van der Waals surface area contributed by atoms with Gasteiger partial charge in [0, 0.05) is 11.1 Å². The SMILES string of the molecule is Cc1ccc(C)c(C(=O)Nc2nnc(-c3ccc4c(c3)OCCO4)o2)c1. The molecule has 0 saturated heterocycles. The van der Waals surface area contributed by atoms with E-state index in [0.29, 0.717) is 41.7 Å². The Balaban J connectivity index is 1.55. The maximum absolute atomic E-state index is 12.4. The quantitative estimate of drug-likeness (QED) is 0.778. The first-order chi connectivity index (χ1) is 12.6. The Kier molecular flexibility index (Phi) is 4.04. The number of rotatable bonds is 3. The van der Waals surface area contributed by atoms with Crippen LogP contribution in [-0.4, -0.2) is 29.3 Å². The van der Waals surface area contributed by atoms with Crippen molar-refractivity contribution in [3.05, 3.63) is 53.1 Å². The summed E-state index contributed by atoms with van der Waals surface area (Å²) < 4.78 is 16.6. The lowest BCUT2D eigenvalue weighted by molar-refractivity contribution is 0.102. The lowest BCUT2D eigenvalue weighted by atomic mass is 10.1. The molecule has 132 valence electrons. The highest BCUT2D eigenvalue weighted by atomic mass is 16.6. The zero-order chi connectivity index (χ0) is 18.1. The molecule has 0 unspecified atom stereocenters. The maximum Gasteiger partial charge on any atom is 0.322 e. The number of aryl methyl sites for hydroxylation is 2. The molecule has 1 aromatic heterocycles. The third-order valence-corrected chi connectivity index (χ3v) is 4.07. The Labute approximate surface area is 150 Å². The molecule has 26 heavy (non-hydrogen) atoms. The Bertz CT molecular complexity index is 981. The van der Waals surface area contributed by atoms with E-state index < -0.39 is 0 Å². The van der Waals surface area contributed by atoms with Gasteiger partial charge in [-0.05, 0) is 43.7 Å². The van der Waals surface area contributed by atoms with Crippen LogP contribution in [0.3, 0.4) is 0 Å². The minimum atomic E-state index is -0.288. The van der Waals surface area contributed by atoms with Gasteiger partial charge >= 0.3 is 6.01 Å². The maximum atomic E-state index is 12.4. The minimum absolute atomic E-state index is 0.0424. The van der Waals surface area contributed by atoms with Crippen LogP contribution in [0.2, 0.25) is 0 Å². The predicted octanol–water partition coefficient (Wildman–Crippen LogP) is 3.38. The minimum Gasteiger partial charge on any atom is -0.486 e. The molecule has 2 aromatic carbocycles. The highest BCUT2D eigenvalue weighted by Crippen LogP contribution is 2.34. The Morgan fingerprint density at radius 2 is 1.81 bits per heavy atom. The lowest BCUT2D eigenvalue weighted by Crippen LogP contribution is -2.15. The van der Waals surface area contributed by atoms with E-state index in [4.69, 9.17) is 13.9 Å². The summed E-state index contributed by atoms with van der Waals surface area (Å²) in [6, 6.07) is 11.1. The van der Waals surface area contributed by atoms with E-state index in [-0.39, 0.29) is 11.9 Å². The second-order valence-corrected chi connectivity index (χ2v) is 6.04. The van der Waals surface area contributed by atoms with Gasteiger partial charge in [-0.2, -0.15) is 0 Å². The summed E-state index contributed by atoms with van der Waals surface area (Å²) in [5.41, 5.74) is 3.14. The third kappa shape index (κ3) is 3.11. The smallest absolute Gasteiger partial charge is 0.322 e. The van der Waals surface area contributed by atoms with E-state index >= 15 is 0 Å². The largest absolute Gasteiger partial charge is 0.486 e. The number of nitrogens with zero attached hydrogens (tertiary/aromatic N) is 2. The van der Waals surface area contributed by atoms with E-state index in [9.17, 15) is 4.79 Å². The van der Waals surface area contributed by atoms with Gasteiger partial charge in [-0.15, -0.1) is 5.10 Å². The lowest BCUT2D eigenvalue weighted by Gasteiger charge is -2.18. The van der Waals surface area contributed by atoms with E-state index in [1.54, 1.807) is 18.2 Å². The molecular formula is C19H17N3O4. The molecule has 0 radical (unpaired) electrons. The van der Waals surface area contributed by atoms with Crippen molar-refractivity contribution < 1.29 is 18.7 Å². The summed E-state index contributed by atoms with van der Waals surface area (Å²) in [5.74, 6) is 1.32. The molecule has 7 nitrogen and oxygen atoms in total. The van der Waals surface area contributed by atoms with Crippen molar-refractivity contribution in [1.82, 2.24) is 10.2 Å². The molecule has 1 aliphatic heterocycles. The highest BCUT2D eigenvalue weighted by molar-refractivity contribution is 6.04. The van der Waals surface area contributed by atoms with Crippen LogP contribution in [0.15, 0.2) is 40.8 Å². The summed E-state index contributed by atoms with van der Waals surface area (Å²) in [5, 5.41) is 10.5. The van der Waals surface area contributed by atoms with Crippen LogP contribution in [0.5, 0.6) is 11.5 Å². The zero-order valence-corrected chi connectivity index (χ0v) is 14.4. The van der Waals surface area contributed by atoms with Gasteiger partial charge in [-0.3, -0.25) is 10.1 Å². The Morgan fingerprint density at radius 1 is 1.00 bits per heavy atom. The molecule has 7 heteroatoms. The van der Waals surface area contributed by atoms with Gasteiger partial charge in [0.15, 0.2) is 11.5 Å². The summed E-state index contributed by atoms with van der Waals surface area (Å²) in [7, 11) is 0. The molecule has 0 aliphatic carbocycles. The van der Waals surface area contributed by atoms with Crippen LogP contribution >= 0.6 is 0 Å². The van der Waals surface area contributed by atoms with Crippen molar-refractivity contribution in [2.45, 2.75) is 13.8 Å². The number of carbonyl (C=O) groups excluding carboxylic acids is 1. The van der Waals surface area contributed by atoms with Gasteiger partial charge in [0.05, 0.1) is 0 Å². The van der Waals surface area contributed by atoms with Gasteiger partial charge in [-0.25, -0.2) is 0 Å². The van der Waals surface area contributed by atoms with Gasteiger partial charge in [0.25, 0.3) is 5.91 Å². The molecule has 1 aliphatic rings. The van der Waals surface area contributed by atoms with Crippen molar-refractivity contribution in [1.29, 1.82) is 0 Å². The van der Waals surface area contributed by atoms with Crippen LogP contribution in [0, 0.1) is 13.8 Å². The molecular weight excluding hydrogens is 334 g/mol. The van der Waals surface area contributed by atoms with E-state index in [1.165, 1.54) is 0 Å². The number of anilines is 1. The molecule has 2 heterocycles. The molecule has 0 fully saturated rings. The molecule has 1 N–H and O–H groups in total. The van der Waals surface area contributed by atoms with E-state index in [0.717, 1.165) is 11.1 Å². The van der Waals surface area contributed by atoms with E-state index in [1.807, 2.05) is 32.0 Å². The topological polar surface area (TPSA) is 86.5 Å². The number of hydrogen-bond acceptors (Lipinski definition) is 6. The first-order valence-corrected chi connectivity index (χ1v) is 8.22. The van der Waals surface area contributed by atoms with Crippen molar-refractivity contribution in [3.63, 3.8) is 0 Å². The zero-order valence-electron chi connectivity index (χ0n) is 14.4. The van der Waals surface area contributed by atoms with Gasteiger partial charge in [0.1, 0.15) is 13.2 Å². The number of ether oxygens (including phenoxy) is 2. The van der Waals surface area contributed by atoms with Crippen LogP contribution in [0.25, 0.3) is 11.5 Å². The fraction of sp³-hybridized carbons (Fsp3) is 0.211. The number of carbonyl (C=O) groups is 1. The average Bonchev–Trinajstić information content (AvgIpc) is 3.11. The van der Waals surface area contributed by atoms with Crippen molar-refractivity contribution in [2.75, 3.05) is 18.5 Å². The van der Waals surface area contributed by atoms with Crippen LogP contribution in [0.4, 0.5) is 6.01 Å². The standard InChI is InChI=1S/C19H17N3O4/c1-11-3-4-12(2)14(9-11)17(23)20-19-22-21-18(26-19)13-5-6-15-16(10-13)25-8-7-24-15/h3-6,9-10H,7-8H2,1-2H3,(H,20,22,23). The number of aromatic nitrogens is 2. The van der Waals surface area contributed by atoms with Crippen LogP contribution in [0.1, 0.15) is 21.5 Å². The number of amides is 1. The number of hydrogen-bond donors (Lipinski definition) is 1. The monoisotopic (exact) mass is 351 g/mol. The fourth-order valence-corrected chi connectivity index (χ4v) is 2.71. The Hall–Kier alpha value is -3.35. The summed E-state index contributed by atoms with van der Waals surface area (Å²) in [6.45, 7) is 4.84. The molecule has 0 bridgehead atoms. The van der Waals surface area contributed by atoms with Crippen LogP contribution < -0.4 is 14.8 Å². The van der Waals surface area contributed by atoms with E-state index in [2.05, 4.69) is 15.5 Å². The van der Waals surface area contributed by atoms with Gasteiger partial charge < -0.3 is 13.9 Å². The summed E-state index contributed by atoms with van der Waals surface area (Å²) >= 11 is 0. The number of benzene rings is 2. The summed E-state index contributed by atoms with van der Waals surface area (Å²) in [4.78, 5) is 12.4. The molecule has 1 amide bonds. The first-order valence-electron chi connectivity index (χ1n) is 8.22. The first kappa shape index (κ1) is 16.1. The normalized spacial score (nSPS) is 12.7. The molecule has 4 rings (SSSR count). The van der Waals surface area contributed by atoms with Gasteiger partial charge in [0.2, 0.25) is 5.89 Å². The van der Waals surface area contributed by atoms with Crippen molar-refractivity contribution in [3.8, 4) is 23.0 Å². The Morgan fingerprint density at radius 3 is 2.65 bits per heavy atom. The van der Waals surface area contributed by atoms with Crippen molar-refractivity contribution in [2.24, 2.45) is 0 Å². The highest BCUT2D eigenvalue weighted by Gasteiger charge is 2.17. The predicted molar refractivity (Wildman–Crippen MR) is 94.6 cm³/mol. The third-order valence-electron chi connectivity index (χ3n) is 4.07. The summed E-state index contributed by atoms with van der Waals surface area (Å²) in [6.07, 6.45) is 0. The molecule has 0 atom stereocenters. The second-order valence-electron chi connectivity index (χ2n) is 6.04. The average molecular weight is 351 g/mol. The molecule has 0 spiro atoms. The molecule has 0 saturated carbocycles. The number of nitrogens with one attached hydrogen (secondary N) is 1.